The summed E-state index contributed by atoms with van der Waals surface area (Å²) in [5.41, 5.74) is 5.59. The predicted molar refractivity (Wildman–Crippen MR) is 78.9 cm³/mol. The van der Waals surface area contributed by atoms with Crippen molar-refractivity contribution in [2.24, 2.45) is 10.9 Å². The number of nitrogens with one attached hydrogen (secondary N) is 1. The molecule has 0 aliphatic rings. The van der Waals surface area contributed by atoms with Crippen LogP contribution in [0.15, 0.2) is 39.3 Å². The minimum atomic E-state index is -0.671. The Morgan fingerprint density at radius 1 is 1.45 bits per heavy atom. The maximum atomic E-state index is 13.8. The minimum absolute atomic E-state index is 0.0183. The number of nitrogens with two attached hydrogens (primary N) is 1. The number of nitrogens with zero attached hydrogens (tertiary/aromatic N) is 1. The van der Waals surface area contributed by atoms with Crippen LogP contribution in [0, 0.1) is 5.82 Å². The summed E-state index contributed by atoms with van der Waals surface area (Å²) in [6.45, 7) is 0. The van der Waals surface area contributed by atoms with Crippen LogP contribution in [-0.2, 0) is 0 Å². The number of thiophene rings is 1. The lowest BCUT2D eigenvalue weighted by atomic mass is 10.2. The average molecular weight is 358 g/mol. The fourth-order valence-corrected chi connectivity index (χ4v) is 2.91. The summed E-state index contributed by atoms with van der Waals surface area (Å²) in [5, 5.41) is 15.5. The lowest BCUT2D eigenvalue weighted by molar-refractivity contribution is 0.102. The smallest absolute Gasteiger partial charge is 0.266 e. The zero-order valence-electron chi connectivity index (χ0n) is 9.93. The quantitative estimate of drug-likeness (QED) is 0.341. The third kappa shape index (κ3) is 2.97. The van der Waals surface area contributed by atoms with Gasteiger partial charge in [-0.25, -0.2) is 4.39 Å². The first-order chi connectivity index (χ1) is 9.52. The largest absolute Gasteiger partial charge is 0.409 e. The van der Waals surface area contributed by atoms with E-state index < -0.39 is 11.7 Å². The van der Waals surface area contributed by atoms with Gasteiger partial charge in [0.2, 0.25) is 0 Å². The number of oxime groups is 1. The molecule has 1 aromatic heterocycles. The van der Waals surface area contributed by atoms with Crippen LogP contribution in [0.2, 0.25) is 0 Å². The van der Waals surface area contributed by atoms with Crippen molar-refractivity contribution in [3.05, 3.63) is 50.4 Å². The van der Waals surface area contributed by atoms with Gasteiger partial charge in [-0.15, -0.1) is 11.3 Å². The molecule has 1 heterocycles. The van der Waals surface area contributed by atoms with Gasteiger partial charge >= 0.3 is 0 Å². The van der Waals surface area contributed by atoms with Gasteiger partial charge < -0.3 is 16.3 Å². The maximum absolute atomic E-state index is 13.8. The summed E-state index contributed by atoms with van der Waals surface area (Å²) in [6, 6.07) is 5.60. The van der Waals surface area contributed by atoms with Crippen LogP contribution in [0.3, 0.4) is 0 Å². The number of benzene rings is 1. The molecule has 2 aromatic rings. The van der Waals surface area contributed by atoms with Crippen molar-refractivity contribution < 1.29 is 14.4 Å². The van der Waals surface area contributed by atoms with Crippen molar-refractivity contribution in [3.63, 3.8) is 0 Å². The molecule has 0 saturated heterocycles. The summed E-state index contributed by atoms with van der Waals surface area (Å²) in [5.74, 6) is -1.29. The Labute approximate surface area is 126 Å². The number of amidine groups is 1. The Bertz CT molecular complexity index is 687. The van der Waals surface area contributed by atoms with E-state index in [4.69, 9.17) is 10.9 Å². The lowest BCUT2D eigenvalue weighted by Gasteiger charge is -2.07. The molecule has 0 fully saturated rings. The van der Waals surface area contributed by atoms with Gasteiger partial charge in [0.1, 0.15) is 10.7 Å². The molecular weight excluding hydrogens is 349 g/mol. The third-order valence-electron chi connectivity index (χ3n) is 2.44. The molecule has 5 nitrogen and oxygen atoms in total. The van der Waals surface area contributed by atoms with Gasteiger partial charge in [0, 0.05) is 10.0 Å². The highest BCUT2D eigenvalue weighted by Gasteiger charge is 2.14. The van der Waals surface area contributed by atoms with E-state index >= 15 is 0 Å². The van der Waals surface area contributed by atoms with Gasteiger partial charge in [0.25, 0.3) is 5.91 Å². The van der Waals surface area contributed by atoms with Gasteiger partial charge in [-0.1, -0.05) is 5.16 Å². The molecular formula is C12H9BrFN3O2S. The molecule has 1 amide bonds. The Morgan fingerprint density at radius 2 is 2.20 bits per heavy atom. The predicted octanol–water partition coefficient (Wildman–Crippen LogP) is 3.00. The molecule has 8 heteroatoms. The van der Waals surface area contributed by atoms with E-state index in [1.165, 1.54) is 23.5 Å². The molecule has 4 N–H and O–H groups in total. The summed E-state index contributed by atoms with van der Waals surface area (Å²) in [7, 11) is 0. The molecule has 0 unspecified atom stereocenters. The van der Waals surface area contributed by atoms with Crippen LogP contribution in [0.5, 0.6) is 0 Å². The van der Waals surface area contributed by atoms with E-state index in [-0.39, 0.29) is 17.1 Å². The Balaban J connectivity index is 2.23. The number of hydrogen-bond donors (Lipinski definition) is 3. The fourth-order valence-electron chi connectivity index (χ4n) is 1.47. The number of anilines is 1. The van der Waals surface area contributed by atoms with Crippen molar-refractivity contribution in [2.75, 3.05) is 5.32 Å². The number of halogens is 2. The van der Waals surface area contributed by atoms with Crippen molar-refractivity contribution in [1.29, 1.82) is 0 Å². The molecule has 0 atom stereocenters. The third-order valence-corrected chi connectivity index (χ3v) is 4.28. The number of rotatable bonds is 3. The summed E-state index contributed by atoms with van der Waals surface area (Å²) in [6.07, 6.45) is 0. The molecule has 0 aliphatic heterocycles. The highest BCUT2D eigenvalue weighted by molar-refractivity contribution is 9.10. The number of carbonyl (C=O) groups excluding carboxylic acids is 1. The van der Waals surface area contributed by atoms with Crippen LogP contribution >= 0.6 is 27.3 Å². The standard InChI is InChI=1S/C12H9BrFN3O2S/c13-7-3-4-20-10(7)12(18)16-9-2-1-6(5-8(9)14)11(15)17-19/h1-5,19H,(H2,15,17)(H,16,18). The van der Waals surface area contributed by atoms with Gasteiger partial charge in [0.05, 0.1) is 5.69 Å². The fraction of sp³-hybridized carbons (Fsp3) is 0. The second-order valence-corrected chi connectivity index (χ2v) is 5.50. The van der Waals surface area contributed by atoms with Gasteiger partial charge in [0.15, 0.2) is 5.84 Å². The van der Waals surface area contributed by atoms with Crippen LogP contribution < -0.4 is 11.1 Å². The lowest BCUT2D eigenvalue weighted by Crippen LogP contribution is -2.15. The molecule has 1 aromatic carbocycles. The molecule has 0 radical (unpaired) electrons. The van der Waals surface area contributed by atoms with E-state index in [0.717, 1.165) is 6.07 Å². The molecule has 104 valence electrons. The maximum Gasteiger partial charge on any atom is 0.266 e. The highest BCUT2D eigenvalue weighted by atomic mass is 79.9. The van der Waals surface area contributed by atoms with E-state index in [0.29, 0.717) is 9.35 Å². The van der Waals surface area contributed by atoms with Gasteiger partial charge in [-0.05, 0) is 45.6 Å². The molecule has 0 aliphatic carbocycles. The average Bonchev–Trinajstić information content (AvgIpc) is 2.86. The summed E-state index contributed by atoms with van der Waals surface area (Å²) < 4.78 is 14.5. The van der Waals surface area contributed by atoms with Crippen molar-refractivity contribution in [3.8, 4) is 0 Å². The van der Waals surface area contributed by atoms with Gasteiger partial charge in [-0.2, -0.15) is 0 Å². The number of carbonyl (C=O) groups is 1. The first kappa shape index (κ1) is 14.5. The summed E-state index contributed by atoms with van der Waals surface area (Å²) >= 11 is 4.48. The molecule has 0 spiro atoms. The molecule has 0 saturated carbocycles. The Hall–Kier alpha value is -1.93. The Kier molecular flexibility index (Phi) is 4.35. The number of hydrogen-bond acceptors (Lipinski definition) is 4. The van der Waals surface area contributed by atoms with E-state index in [1.54, 1.807) is 11.4 Å². The second kappa shape index (κ2) is 6.02. The molecule has 20 heavy (non-hydrogen) atoms. The zero-order valence-corrected chi connectivity index (χ0v) is 12.3. The highest BCUT2D eigenvalue weighted by Crippen LogP contribution is 2.24. The zero-order chi connectivity index (χ0) is 14.7. The van der Waals surface area contributed by atoms with Crippen molar-refractivity contribution in [1.82, 2.24) is 0 Å². The molecule has 0 bridgehead atoms. The second-order valence-electron chi connectivity index (χ2n) is 3.73. The molecule has 2 rings (SSSR count). The summed E-state index contributed by atoms with van der Waals surface area (Å²) in [4.78, 5) is 12.4. The monoisotopic (exact) mass is 357 g/mol. The van der Waals surface area contributed by atoms with Crippen LogP contribution in [-0.4, -0.2) is 17.0 Å². The van der Waals surface area contributed by atoms with Gasteiger partial charge in [-0.3, -0.25) is 4.79 Å². The topological polar surface area (TPSA) is 87.7 Å². The van der Waals surface area contributed by atoms with Crippen molar-refractivity contribution >= 4 is 44.7 Å². The first-order valence-corrected chi connectivity index (χ1v) is 7.02. The van der Waals surface area contributed by atoms with Crippen LogP contribution in [0.4, 0.5) is 10.1 Å². The Morgan fingerprint density at radius 3 is 2.75 bits per heavy atom. The first-order valence-electron chi connectivity index (χ1n) is 5.34. The van der Waals surface area contributed by atoms with Crippen LogP contribution in [0.1, 0.15) is 15.2 Å². The minimum Gasteiger partial charge on any atom is -0.409 e. The van der Waals surface area contributed by atoms with E-state index in [9.17, 15) is 9.18 Å². The van der Waals surface area contributed by atoms with Crippen LogP contribution in [0.25, 0.3) is 0 Å². The van der Waals surface area contributed by atoms with Crippen molar-refractivity contribution in [2.45, 2.75) is 0 Å². The van der Waals surface area contributed by atoms with E-state index in [2.05, 4.69) is 26.4 Å². The SMILES string of the molecule is N/C(=N/O)c1ccc(NC(=O)c2sccc2Br)c(F)c1. The normalized spacial score (nSPS) is 11.4. The number of amides is 1. The van der Waals surface area contributed by atoms with E-state index in [1.807, 2.05) is 0 Å².